The number of benzene rings is 2. The fourth-order valence-corrected chi connectivity index (χ4v) is 3.98. The van der Waals surface area contributed by atoms with E-state index < -0.39 is 0 Å². The Hall–Kier alpha value is -2.31. The van der Waals surface area contributed by atoms with E-state index in [0.717, 1.165) is 15.5 Å². The monoisotopic (exact) mass is 357 g/mol. The van der Waals surface area contributed by atoms with Crippen molar-refractivity contribution in [3.05, 3.63) is 65.3 Å². The molecule has 0 unspecified atom stereocenters. The Morgan fingerprint density at radius 1 is 1.17 bits per heavy atom. The first-order valence-electron chi connectivity index (χ1n) is 7.22. The normalized spacial score (nSPS) is 10.6. The number of anilines is 2. The van der Waals surface area contributed by atoms with Crippen LogP contribution in [0.1, 0.15) is 4.88 Å². The van der Waals surface area contributed by atoms with Gasteiger partial charge >= 0.3 is 0 Å². The standard InChI is InChI=1S/C18H16FN3S2/c1-23-18-15(10-16(24-18)17(20)21)22-12-7-8-13(14(19)9-12)11-5-3-2-4-6-11/h2-10,22H,1H3,(H3,20,21). The van der Waals surface area contributed by atoms with E-state index in [4.69, 9.17) is 11.1 Å². The molecular formula is C18H16FN3S2. The van der Waals surface area contributed by atoms with Gasteiger partial charge in [0.05, 0.1) is 14.8 Å². The van der Waals surface area contributed by atoms with Gasteiger partial charge in [0.25, 0.3) is 0 Å². The highest BCUT2D eigenvalue weighted by Crippen LogP contribution is 2.37. The maximum atomic E-state index is 14.5. The number of thiophene rings is 1. The molecule has 0 amide bonds. The molecule has 0 radical (unpaired) electrons. The maximum absolute atomic E-state index is 14.5. The van der Waals surface area contributed by atoms with Gasteiger partial charge in [-0.25, -0.2) is 4.39 Å². The van der Waals surface area contributed by atoms with Gasteiger partial charge in [0.2, 0.25) is 0 Å². The molecular weight excluding hydrogens is 341 g/mol. The van der Waals surface area contributed by atoms with Gasteiger partial charge in [-0.05, 0) is 36.1 Å². The second-order valence-electron chi connectivity index (χ2n) is 5.12. The van der Waals surface area contributed by atoms with Crippen LogP contribution >= 0.6 is 23.1 Å². The van der Waals surface area contributed by atoms with Crippen molar-refractivity contribution in [1.29, 1.82) is 5.41 Å². The topological polar surface area (TPSA) is 61.9 Å². The van der Waals surface area contributed by atoms with Crippen molar-refractivity contribution < 1.29 is 4.39 Å². The second kappa shape index (κ2) is 7.07. The molecule has 0 aliphatic heterocycles. The van der Waals surface area contributed by atoms with Crippen LogP contribution in [-0.2, 0) is 0 Å². The number of amidine groups is 1. The molecule has 0 atom stereocenters. The van der Waals surface area contributed by atoms with Gasteiger partial charge in [-0.1, -0.05) is 30.3 Å². The molecule has 0 fully saturated rings. The second-order valence-corrected chi connectivity index (χ2v) is 7.24. The lowest BCUT2D eigenvalue weighted by atomic mass is 10.0. The SMILES string of the molecule is CSc1sc(C(=N)N)cc1Nc1ccc(-c2ccccc2)c(F)c1. The summed E-state index contributed by atoms with van der Waals surface area (Å²) in [4.78, 5) is 0.697. The molecule has 3 rings (SSSR count). The van der Waals surface area contributed by atoms with E-state index in [1.54, 1.807) is 17.8 Å². The molecule has 0 bridgehead atoms. The molecule has 0 spiro atoms. The van der Waals surface area contributed by atoms with Crippen LogP contribution in [0.25, 0.3) is 11.1 Å². The zero-order valence-corrected chi connectivity index (χ0v) is 14.6. The van der Waals surface area contributed by atoms with Gasteiger partial charge in [-0.3, -0.25) is 5.41 Å². The molecule has 1 heterocycles. The molecule has 1 aromatic heterocycles. The summed E-state index contributed by atoms with van der Waals surface area (Å²) >= 11 is 3.02. The van der Waals surface area contributed by atoms with Crippen molar-refractivity contribution in [2.75, 3.05) is 11.6 Å². The lowest BCUT2D eigenvalue weighted by Gasteiger charge is -2.09. The predicted octanol–water partition coefficient (Wildman–Crippen LogP) is 5.30. The minimum atomic E-state index is -0.279. The quantitative estimate of drug-likeness (QED) is 0.330. The van der Waals surface area contributed by atoms with E-state index >= 15 is 0 Å². The van der Waals surface area contributed by atoms with Crippen LogP contribution in [0.5, 0.6) is 0 Å². The number of thioether (sulfide) groups is 1. The van der Waals surface area contributed by atoms with Crippen LogP contribution in [0.3, 0.4) is 0 Å². The minimum Gasteiger partial charge on any atom is -0.383 e. The Labute approximate surface area is 148 Å². The largest absolute Gasteiger partial charge is 0.383 e. The van der Waals surface area contributed by atoms with Crippen molar-refractivity contribution >= 4 is 40.3 Å². The number of nitrogens with one attached hydrogen (secondary N) is 2. The van der Waals surface area contributed by atoms with E-state index in [9.17, 15) is 4.39 Å². The highest BCUT2D eigenvalue weighted by molar-refractivity contribution is 8.00. The van der Waals surface area contributed by atoms with Gasteiger partial charge in [0, 0.05) is 11.3 Å². The molecule has 0 aliphatic rings. The summed E-state index contributed by atoms with van der Waals surface area (Å²) in [6, 6.07) is 16.4. The number of nitrogen functional groups attached to an aromatic ring is 1. The highest BCUT2D eigenvalue weighted by Gasteiger charge is 2.12. The van der Waals surface area contributed by atoms with Crippen LogP contribution in [0, 0.1) is 11.2 Å². The van der Waals surface area contributed by atoms with Crippen LogP contribution in [0.2, 0.25) is 0 Å². The third-order valence-electron chi connectivity index (χ3n) is 3.48. The van der Waals surface area contributed by atoms with Gasteiger partial charge < -0.3 is 11.1 Å². The average Bonchev–Trinajstić information content (AvgIpc) is 2.99. The number of rotatable bonds is 5. The Morgan fingerprint density at radius 3 is 2.54 bits per heavy atom. The molecule has 3 nitrogen and oxygen atoms in total. The molecule has 24 heavy (non-hydrogen) atoms. The van der Waals surface area contributed by atoms with Crippen LogP contribution in [-0.4, -0.2) is 12.1 Å². The summed E-state index contributed by atoms with van der Waals surface area (Å²) in [5, 5.41) is 10.8. The van der Waals surface area contributed by atoms with Crippen LogP contribution in [0.4, 0.5) is 15.8 Å². The summed E-state index contributed by atoms with van der Waals surface area (Å²) in [6.45, 7) is 0. The van der Waals surface area contributed by atoms with Crippen LogP contribution in [0.15, 0.2) is 58.8 Å². The first-order chi connectivity index (χ1) is 11.6. The molecule has 0 saturated heterocycles. The first-order valence-corrected chi connectivity index (χ1v) is 9.27. The fraction of sp³-hybridized carbons (Fsp3) is 0.0556. The summed E-state index contributed by atoms with van der Waals surface area (Å²) in [6.07, 6.45) is 1.96. The maximum Gasteiger partial charge on any atom is 0.133 e. The van der Waals surface area contributed by atoms with Crippen molar-refractivity contribution in [1.82, 2.24) is 0 Å². The number of hydrogen-bond acceptors (Lipinski definition) is 4. The van der Waals surface area contributed by atoms with E-state index in [-0.39, 0.29) is 11.7 Å². The number of nitrogens with two attached hydrogens (primary N) is 1. The summed E-state index contributed by atoms with van der Waals surface area (Å²) < 4.78 is 15.5. The van der Waals surface area contributed by atoms with Gasteiger partial charge in [0.1, 0.15) is 11.7 Å². The lowest BCUT2D eigenvalue weighted by Crippen LogP contribution is -2.08. The molecule has 0 saturated carbocycles. The number of halogens is 1. The molecule has 2 aromatic carbocycles. The van der Waals surface area contributed by atoms with E-state index in [2.05, 4.69) is 5.32 Å². The minimum absolute atomic E-state index is 0.0361. The zero-order chi connectivity index (χ0) is 17.1. The highest BCUT2D eigenvalue weighted by atomic mass is 32.2. The molecule has 6 heteroatoms. The van der Waals surface area contributed by atoms with Crippen LogP contribution < -0.4 is 11.1 Å². The Bertz CT molecular complexity index is 875. The van der Waals surface area contributed by atoms with Gasteiger partial charge in [-0.15, -0.1) is 23.1 Å². The fourth-order valence-electron chi connectivity index (χ4n) is 2.35. The Kier molecular flexibility index (Phi) is 4.87. The van der Waals surface area contributed by atoms with Crippen molar-refractivity contribution in [3.63, 3.8) is 0 Å². The summed E-state index contributed by atoms with van der Waals surface area (Å²) in [5.41, 5.74) is 8.47. The molecule has 122 valence electrons. The third kappa shape index (κ3) is 3.44. The molecule has 4 N–H and O–H groups in total. The predicted molar refractivity (Wildman–Crippen MR) is 102 cm³/mol. The Morgan fingerprint density at radius 2 is 1.92 bits per heavy atom. The lowest BCUT2D eigenvalue weighted by molar-refractivity contribution is 0.632. The van der Waals surface area contributed by atoms with Crippen molar-refractivity contribution in [2.45, 2.75) is 4.21 Å². The van der Waals surface area contributed by atoms with E-state index in [0.29, 0.717) is 16.1 Å². The smallest absolute Gasteiger partial charge is 0.133 e. The van der Waals surface area contributed by atoms with E-state index in [1.807, 2.05) is 48.7 Å². The molecule has 3 aromatic rings. The third-order valence-corrected chi connectivity index (χ3v) is 5.79. The van der Waals surface area contributed by atoms with E-state index in [1.165, 1.54) is 17.4 Å². The van der Waals surface area contributed by atoms with Gasteiger partial charge in [-0.2, -0.15) is 0 Å². The summed E-state index contributed by atoms with van der Waals surface area (Å²) in [5.74, 6) is -0.243. The number of hydrogen-bond donors (Lipinski definition) is 3. The summed E-state index contributed by atoms with van der Waals surface area (Å²) in [7, 11) is 0. The van der Waals surface area contributed by atoms with Gasteiger partial charge in [0.15, 0.2) is 0 Å². The zero-order valence-electron chi connectivity index (χ0n) is 13.0. The van der Waals surface area contributed by atoms with Crippen molar-refractivity contribution in [3.8, 4) is 11.1 Å². The molecule has 0 aliphatic carbocycles. The van der Waals surface area contributed by atoms with Crippen molar-refractivity contribution in [2.24, 2.45) is 5.73 Å². The Balaban J connectivity index is 1.89. The first kappa shape index (κ1) is 16.5. The average molecular weight is 357 g/mol.